The number of carbonyl (C=O) groups is 3. The van der Waals surface area contributed by atoms with E-state index in [1.807, 2.05) is 42.5 Å². The number of hydrogen-bond donors (Lipinski definition) is 3. The second-order valence-electron chi connectivity index (χ2n) is 9.33. The first-order valence-electron chi connectivity index (χ1n) is 11.5. The fourth-order valence-corrected chi connectivity index (χ4v) is 8.67. The standard InChI is InChI=1S/C25H29N3O4S/c1-14-12-18-19(22(30)26-2)20-24(32)28(10-5-11-29)21(25(14,20)33-18)23(31)27-17-9-8-15-6-3-4-7-16(15)13-17/h3-4,6-9,13-14,18-21,29H,5,10-12H2,1-2H3,(H,26,30)(H,27,31)/t14?,18-,19+,20-,21?,25?/m0/s1. The minimum absolute atomic E-state index is 0.0323. The summed E-state index contributed by atoms with van der Waals surface area (Å²) in [6.07, 6.45) is 1.20. The number of benzene rings is 2. The van der Waals surface area contributed by atoms with Gasteiger partial charge in [-0.15, -0.1) is 11.8 Å². The van der Waals surface area contributed by atoms with E-state index >= 15 is 0 Å². The topological polar surface area (TPSA) is 98.7 Å². The number of amides is 3. The van der Waals surface area contributed by atoms with E-state index in [1.54, 1.807) is 23.7 Å². The summed E-state index contributed by atoms with van der Waals surface area (Å²) >= 11 is 1.65. The molecule has 7 nitrogen and oxygen atoms in total. The molecule has 3 heterocycles. The molecule has 5 rings (SSSR count). The highest BCUT2D eigenvalue weighted by molar-refractivity contribution is 8.02. The highest BCUT2D eigenvalue weighted by Crippen LogP contribution is 2.68. The van der Waals surface area contributed by atoms with Gasteiger partial charge in [-0.2, -0.15) is 0 Å². The van der Waals surface area contributed by atoms with Crippen LogP contribution >= 0.6 is 11.8 Å². The first-order valence-corrected chi connectivity index (χ1v) is 12.4. The van der Waals surface area contributed by atoms with E-state index in [0.29, 0.717) is 18.7 Å². The average molecular weight is 468 g/mol. The Balaban J connectivity index is 1.52. The van der Waals surface area contributed by atoms with Gasteiger partial charge in [-0.3, -0.25) is 14.4 Å². The Bertz CT molecular complexity index is 1120. The van der Waals surface area contributed by atoms with Gasteiger partial charge in [0.1, 0.15) is 6.04 Å². The molecule has 3 fully saturated rings. The maximum atomic E-state index is 13.8. The van der Waals surface area contributed by atoms with Crippen LogP contribution in [-0.2, 0) is 14.4 Å². The van der Waals surface area contributed by atoms with Crippen LogP contribution in [0.2, 0.25) is 0 Å². The number of aliphatic hydroxyl groups excluding tert-OH is 1. The molecule has 0 aromatic heterocycles. The zero-order chi connectivity index (χ0) is 23.3. The highest BCUT2D eigenvalue weighted by atomic mass is 32.2. The van der Waals surface area contributed by atoms with E-state index in [9.17, 15) is 19.5 Å². The van der Waals surface area contributed by atoms with E-state index < -0.39 is 22.6 Å². The van der Waals surface area contributed by atoms with Crippen LogP contribution in [0.25, 0.3) is 10.8 Å². The minimum atomic E-state index is -0.687. The zero-order valence-electron chi connectivity index (χ0n) is 18.8. The van der Waals surface area contributed by atoms with Crippen molar-refractivity contribution in [2.75, 3.05) is 25.5 Å². The van der Waals surface area contributed by atoms with Gasteiger partial charge in [0.15, 0.2) is 0 Å². The summed E-state index contributed by atoms with van der Waals surface area (Å²) in [7, 11) is 1.60. The van der Waals surface area contributed by atoms with Gasteiger partial charge in [0, 0.05) is 31.1 Å². The quantitative estimate of drug-likeness (QED) is 0.605. The third-order valence-corrected chi connectivity index (χ3v) is 9.69. The lowest BCUT2D eigenvalue weighted by Gasteiger charge is -2.38. The van der Waals surface area contributed by atoms with Crippen molar-refractivity contribution in [2.45, 2.75) is 35.8 Å². The predicted octanol–water partition coefficient (Wildman–Crippen LogP) is 2.24. The van der Waals surface area contributed by atoms with Crippen LogP contribution in [0, 0.1) is 17.8 Å². The molecule has 0 radical (unpaired) electrons. The Morgan fingerprint density at radius 3 is 2.67 bits per heavy atom. The van der Waals surface area contributed by atoms with Crippen LogP contribution in [-0.4, -0.2) is 64.0 Å². The van der Waals surface area contributed by atoms with Gasteiger partial charge >= 0.3 is 0 Å². The Kier molecular flexibility index (Phi) is 5.61. The molecule has 2 aromatic carbocycles. The molecule has 3 N–H and O–H groups in total. The molecular formula is C25H29N3O4S. The molecule has 0 saturated carbocycles. The lowest BCUT2D eigenvalue weighted by Crippen LogP contribution is -2.55. The number of nitrogens with one attached hydrogen (secondary N) is 2. The fraction of sp³-hybridized carbons (Fsp3) is 0.480. The molecule has 2 bridgehead atoms. The van der Waals surface area contributed by atoms with Crippen LogP contribution < -0.4 is 10.6 Å². The number of hydrogen-bond acceptors (Lipinski definition) is 5. The lowest BCUT2D eigenvalue weighted by atomic mass is 9.66. The first-order chi connectivity index (χ1) is 15.9. The van der Waals surface area contributed by atoms with Gasteiger partial charge in [0.05, 0.1) is 16.6 Å². The average Bonchev–Trinajstić information content (AvgIpc) is 3.40. The number of carbonyl (C=O) groups excluding carboxylic acids is 3. The lowest BCUT2D eigenvalue weighted by molar-refractivity contribution is -0.139. The maximum absolute atomic E-state index is 13.8. The number of aliphatic hydroxyl groups is 1. The highest BCUT2D eigenvalue weighted by Gasteiger charge is 2.75. The van der Waals surface area contributed by atoms with Crippen LogP contribution in [0.5, 0.6) is 0 Å². The smallest absolute Gasteiger partial charge is 0.248 e. The number of likely N-dealkylation sites (tertiary alicyclic amines) is 1. The zero-order valence-corrected chi connectivity index (χ0v) is 19.6. The summed E-state index contributed by atoms with van der Waals surface area (Å²) in [5, 5.41) is 17.4. The normalized spacial score (nSPS) is 32.3. The molecule has 33 heavy (non-hydrogen) atoms. The van der Waals surface area contributed by atoms with Crippen molar-refractivity contribution in [3.63, 3.8) is 0 Å². The molecule has 3 saturated heterocycles. The summed E-state index contributed by atoms with van der Waals surface area (Å²) in [5.74, 6) is -1.33. The SMILES string of the molecule is CNC(=O)[C@@H]1[C@@H]2CC(C)C3(S2)C(C(=O)Nc2ccc4ccccc4c2)N(CCCO)C(=O)[C@H]13. The number of nitrogens with zero attached hydrogens (tertiary/aromatic N) is 1. The van der Waals surface area contributed by atoms with Crippen molar-refractivity contribution in [1.82, 2.24) is 10.2 Å². The van der Waals surface area contributed by atoms with Crippen molar-refractivity contribution in [1.29, 1.82) is 0 Å². The van der Waals surface area contributed by atoms with E-state index in [4.69, 9.17) is 0 Å². The van der Waals surface area contributed by atoms with Crippen molar-refractivity contribution < 1.29 is 19.5 Å². The van der Waals surface area contributed by atoms with E-state index in [-0.39, 0.29) is 35.5 Å². The number of fused-ring (bicyclic) bond motifs is 2. The molecule has 174 valence electrons. The predicted molar refractivity (Wildman–Crippen MR) is 129 cm³/mol. The molecule has 0 aliphatic carbocycles. The molecule has 8 heteroatoms. The Hall–Kier alpha value is -2.58. The Morgan fingerprint density at radius 1 is 1.18 bits per heavy atom. The molecule has 2 aromatic rings. The number of rotatable bonds is 6. The largest absolute Gasteiger partial charge is 0.396 e. The summed E-state index contributed by atoms with van der Waals surface area (Å²) in [6.45, 7) is 2.33. The summed E-state index contributed by atoms with van der Waals surface area (Å²) in [6, 6.07) is 13.0. The number of anilines is 1. The molecular weight excluding hydrogens is 438 g/mol. The Morgan fingerprint density at radius 2 is 1.94 bits per heavy atom. The maximum Gasteiger partial charge on any atom is 0.248 e. The van der Waals surface area contributed by atoms with Crippen molar-refractivity contribution >= 4 is 45.9 Å². The fourth-order valence-electron chi connectivity index (χ4n) is 6.25. The summed E-state index contributed by atoms with van der Waals surface area (Å²) in [4.78, 5) is 41.9. The molecule has 6 atom stereocenters. The number of thioether (sulfide) groups is 1. The van der Waals surface area contributed by atoms with Gasteiger partial charge in [0.25, 0.3) is 0 Å². The third kappa shape index (κ3) is 3.26. The van der Waals surface area contributed by atoms with Crippen LogP contribution in [0.3, 0.4) is 0 Å². The van der Waals surface area contributed by atoms with Crippen molar-refractivity contribution in [3.05, 3.63) is 42.5 Å². The summed E-state index contributed by atoms with van der Waals surface area (Å²) in [5.41, 5.74) is 0.682. The van der Waals surface area contributed by atoms with Crippen molar-refractivity contribution in [2.24, 2.45) is 17.8 Å². The van der Waals surface area contributed by atoms with Gasteiger partial charge in [-0.1, -0.05) is 37.3 Å². The second kappa shape index (κ2) is 8.33. The third-order valence-electron chi connectivity index (χ3n) is 7.62. The molecule has 1 spiro atoms. The van der Waals surface area contributed by atoms with Gasteiger partial charge in [-0.05, 0) is 41.7 Å². The van der Waals surface area contributed by atoms with Crippen LogP contribution in [0.1, 0.15) is 19.8 Å². The van der Waals surface area contributed by atoms with Gasteiger partial charge in [0.2, 0.25) is 17.7 Å². The first kappa shape index (κ1) is 22.2. The van der Waals surface area contributed by atoms with E-state index in [0.717, 1.165) is 17.2 Å². The Labute approximate surface area is 197 Å². The second-order valence-corrected chi connectivity index (χ2v) is 10.9. The molecule has 3 unspecified atom stereocenters. The molecule has 3 amide bonds. The van der Waals surface area contributed by atoms with Crippen molar-refractivity contribution in [3.8, 4) is 0 Å². The monoisotopic (exact) mass is 467 g/mol. The van der Waals surface area contributed by atoms with Crippen LogP contribution in [0.4, 0.5) is 5.69 Å². The van der Waals surface area contributed by atoms with Gasteiger partial charge < -0.3 is 20.6 Å². The summed E-state index contributed by atoms with van der Waals surface area (Å²) < 4.78 is -0.644. The molecule has 3 aliphatic rings. The molecule has 3 aliphatic heterocycles. The van der Waals surface area contributed by atoms with Gasteiger partial charge in [-0.25, -0.2) is 0 Å². The van der Waals surface area contributed by atoms with E-state index in [2.05, 4.69) is 17.6 Å². The minimum Gasteiger partial charge on any atom is -0.396 e. The van der Waals surface area contributed by atoms with Crippen LogP contribution in [0.15, 0.2) is 42.5 Å². The van der Waals surface area contributed by atoms with E-state index in [1.165, 1.54) is 0 Å².